The van der Waals surface area contributed by atoms with Crippen molar-refractivity contribution in [3.05, 3.63) is 54.1 Å². The van der Waals surface area contributed by atoms with E-state index in [1.54, 1.807) is 30.3 Å². The van der Waals surface area contributed by atoms with Crippen molar-refractivity contribution in [2.75, 3.05) is 58.7 Å². The maximum Gasteiger partial charge on any atom is 0.255 e. The molecule has 0 radical (unpaired) electrons. The lowest BCUT2D eigenvalue weighted by Crippen LogP contribution is -2.47. The van der Waals surface area contributed by atoms with Gasteiger partial charge in [0, 0.05) is 50.5 Å². The molecule has 0 aliphatic carbocycles. The quantitative estimate of drug-likeness (QED) is 0.695. The number of ether oxygens (including phenoxy) is 1. The average Bonchev–Trinajstić information content (AvgIpc) is 2.82. The molecule has 8 nitrogen and oxygen atoms in total. The van der Waals surface area contributed by atoms with Crippen molar-refractivity contribution in [3.63, 3.8) is 0 Å². The molecule has 33 heavy (non-hydrogen) atoms. The average molecular weight is 473 g/mol. The number of carbonyl (C=O) groups is 1. The van der Waals surface area contributed by atoms with Crippen LogP contribution in [-0.2, 0) is 10.0 Å². The molecule has 2 heterocycles. The summed E-state index contributed by atoms with van der Waals surface area (Å²) in [7, 11) is 0.460. The lowest BCUT2D eigenvalue weighted by Gasteiger charge is -2.31. The van der Waals surface area contributed by atoms with E-state index in [0.29, 0.717) is 37.4 Å². The van der Waals surface area contributed by atoms with Crippen molar-refractivity contribution >= 4 is 21.6 Å². The fraction of sp³-hybridized carbons (Fsp3) is 0.458. The minimum Gasteiger partial charge on any atom is -0.490 e. The summed E-state index contributed by atoms with van der Waals surface area (Å²) >= 11 is 0. The Morgan fingerprint density at radius 1 is 0.909 bits per heavy atom. The third kappa shape index (κ3) is 5.92. The van der Waals surface area contributed by atoms with Gasteiger partial charge in [0.2, 0.25) is 10.0 Å². The second kappa shape index (κ2) is 10.2. The zero-order valence-corrected chi connectivity index (χ0v) is 20.1. The number of anilines is 1. The molecule has 2 aromatic rings. The van der Waals surface area contributed by atoms with Crippen LogP contribution in [0.3, 0.4) is 0 Å². The largest absolute Gasteiger partial charge is 0.490 e. The second-order valence-electron chi connectivity index (χ2n) is 8.83. The van der Waals surface area contributed by atoms with Crippen LogP contribution in [0.1, 0.15) is 23.2 Å². The van der Waals surface area contributed by atoms with Crippen LogP contribution in [0.5, 0.6) is 5.75 Å². The van der Waals surface area contributed by atoms with Gasteiger partial charge >= 0.3 is 0 Å². The van der Waals surface area contributed by atoms with Gasteiger partial charge in [-0.1, -0.05) is 6.07 Å². The highest BCUT2D eigenvalue weighted by Gasteiger charge is 2.28. The van der Waals surface area contributed by atoms with Crippen LogP contribution in [0.15, 0.2) is 53.4 Å². The normalized spacial score (nSPS) is 19.3. The highest BCUT2D eigenvalue weighted by Crippen LogP contribution is 2.22. The van der Waals surface area contributed by atoms with Gasteiger partial charge in [0.15, 0.2) is 0 Å². The summed E-state index contributed by atoms with van der Waals surface area (Å²) in [5.41, 5.74) is 0.930. The third-order valence-electron chi connectivity index (χ3n) is 6.28. The van der Waals surface area contributed by atoms with E-state index >= 15 is 0 Å². The molecule has 0 unspecified atom stereocenters. The number of piperazine rings is 1. The van der Waals surface area contributed by atoms with Gasteiger partial charge in [0.25, 0.3) is 5.91 Å². The van der Waals surface area contributed by atoms with Crippen molar-refractivity contribution < 1.29 is 17.9 Å². The first kappa shape index (κ1) is 23.7. The van der Waals surface area contributed by atoms with E-state index in [-0.39, 0.29) is 16.9 Å². The summed E-state index contributed by atoms with van der Waals surface area (Å²) < 4.78 is 33.5. The molecule has 2 aromatic carbocycles. The van der Waals surface area contributed by atoms with E-state index in [2.05, 4.69) is 22.2 Å². The summed E-state index contributed by atoms with van der Waals surface area (Å²) in [5, 5.41) is 2.84. The molecule has 0 spiro atoms. The molecule has 1 amide bonds. The summed E-state index contributed by atoms with van der Waals surface area (Å²) in [5.74, 6) is 0.428. The molecule has 2 aliphatic heterocycles. The minimum atomic E-state index is -3.63. The lowest BCUT2D eigenvalue weighted by molar-refractivity contribution is 0.102. The van der Waals surface area contributed by atoms with Gasteiger partial charge in [-0.05, 0) is 69.4 Å². The van der Waals surface area contributed by atoms with Gasteiger partial charge in [-0.15, -0.1) is 0 Å². The number of hydrogen-bond acceptors (Lipinski definition) is 6. The number of likely N-dealkylation sites (N-methyl/N-ethyl adjacent to an activating group) is 1. The number of nitrogens with zero attached hydrogens (tertiary/aromatic N) is 3. The van der Waals surface area contributed by atoms with Gasteiger partial charge < -0.3 is 19.9 Å². The van der Waals surface area contributed by atoms with E-state index < -0.39 is 10.0 Å². The standard InChI is InChI=1S/C24H32N4O4S/c1-26-12-10-22(11-13-26)32-21-8-6-20(7-9-21)25-24(29)19-4-3-5-23(18-19)33(30,31)28-16-14-27(2)15-17-28/h3-9,18,22H,10-17H2,1-2H3,(H,25,29). The highest BCUT2D eigenvalue weighted by molar-refractivity contribution is 7.89. The first-order valence-corrected chi connectivity index (χ1v) is 12.8. The van der Waals surface area contributed by atoms with E-state index in [9.17, 15) is 13.2 Å². The molecule has 2 aliphatic rings. The molecule has 2 saturated heterocycles. The van der Waals surface area contributed by atoms with Crippen LogP contribution < -0.4 is 10.1 Å². The van der Waals surface area contributed by atoms with Gasteiger partial charge in [-0.2, -0.15) is 4.31 Å². The number of amides is 1. The number of sulfonamides is 1. The Morgan fingerprint density at radius 3 is 2.21 bits per heavy atom. The summed E-state index contributed by atoms with van der Waals surface area (Å²) in [4.78, 5) is 17.3. The molecule has 1 N–H and O–H groups in total. The Kier molecular flexibility index (Phi) is 7.33. The molecule has 0 saturated carbocycles. The number of piperidine rings is 1. The van der Waals surface area contributed by atoms with Gasteiger partial charge in [-0.3, -0.25) is 4.79 Å². The van der Waals surface area contributed by atoms with Crippen molar-refractivity contribution in [2.45, 2.75) is 23.8 Å². The predicted molar refractivity (Wildman–Crippen MR) is 128 cm³/mol. The summed E-state index contributed by atoms with van der Waals surface area (Å²) in [6.07, 6.45) is 2.22. The zero-order valence-electron chi connectivity index (χ0n) is 19.2. The maximum atomic E-state index is 13.0. The molecular formula is C24H32N4O4S. The first-order valence-electron chi connectivity index (χ1n) is 11.4. The molecule has 0 aromatic heterocycles. The monoisotopic (exact) mass is 472 g/mol. The van der Waals surface area contributed by atoms with Gasteiger partial charge in [0.05, 0.1) is 4.90 Å². The highest BCUT2D eigenvalue weighted by atomic mass is 32.2. The Labute approximate surface area is 196 Å². The van der Waals surface area contributed by atoms with Crippen molar-refractivity contribution in [1.29, 1.82) is 0 Å². The van der Waals surface area contributed by atoms with E-state index in [4.69, 9.17) is 4.74 Å². The van der Waals surface area contributed by atoms with E-state index in [0.717, 1.165) is 31.7 Å². The van der Waals surface area contributed by atoms with E-state index in [1.165, 1.54) is 10.4 Å². The van der Waals surface area contributed by atoms with Crippen LogP contribution in [0.4, 0.5) is 5.69 Å². The maximum absolute atomic E-state index is 13.0. The van der Waals surface area contributed by atoms with Crippen molar-refractivity contribution in [3.8, 4) is 5.75 Å². The number of benzene rings is 2. The van der Waals surface area contributed by atoms with Gasteiger partial charge in [-0.25, -0.2) is 8.42 Å². The van der Waals surface area contributed by atoms with Crippen LogP contribution in [-0.4, -0.2) is 87.9 Å². The fourth-order valence-corrected chi connectivity index (χ4v) is 5.56. The smallest absolute Gasteiger partial charge is 0.255 e. The number of rotatable bonds is 6. The number of likely N-dealkylation sites (tertiary alicyclic amines) is 1. The topological polar surface area (TPSA) is 82.2 Å². The molecule has 2 fully saturated rings. The number of nitrogens with one attached hydrogen (secondary N) is 1. The van der Waals surface area contributed by atoms with Crippen LogP contribution in [0, 0.1) is 0 Å². The number of hydrogen-bond donors (Lipinski definition) is 1. The summed E-state index contributed by atoms with van der Waals surface area (Å²) in [6, 6.07) is 13.5. The third-order valence-corrected chi connectivity index (χ3v) is 8.17. The van der Waals surface area contributed by atoms with Crippen LogP contribution in [0.25, 0.3) is 0 Å². The van der Waals surface area contributed by atoms with Crippen molar-refractivity contribution in [1.82, 2.24) is 14.1 Å². The van der Waals surface area contributed by atoms with Crippen LogP contribution >= 0.6 is 0 Å². The Hall–Kier alpha value is -2.46. The zero-order chi connectivity index (χ0) is 23.4. The Balaban J connectivity index is 1.38. The fourth-order valence-electron chi connectivity index (χ4n) is 4.09. The number of carbonyl (C=O) groups excluding carboxylic acids is 1. The molecule has 178 valence electrons. The molecule has 0 atom stereocenters. The SMILES string of the molecule is CN1CCC(Oc2ccc(NC(=O)c3cccc(S(=O)(=O)N4CCN(C)CC4)c3)cc2)CC1. The van der Waals surface area contributed by atoms with E-state index in [1.807, 2.05) is 19.2 Å². The molecule has 4 rings (SSSR count). The second-order valence-corrected chi connectivity index (χ2v) is 10.8. The summed E-state index contributed by atoms with van der Waals surface area (Å²) in [6.45, 7) is 4.33. The van der Waals surface area contributed by atoms with Crippen LogP contribution in [0.2, 0.25) is 0 Å². The van der Waals surface area contributed by atoms with Crippen molar-refractivity contribution in [2.24, 2.45) is 0 Å². The molecule has 0 bridgehead atoms. The molecular weight excluding hydrogens is 440 g/mol. The van der Waals surface area contributed by atoms with Gasteiger partial charge in [0.1, 0.15) is 11.9 Å². The lowest BCUT2D eigenvalue weighted by atomic mass is 10.1. The Bertz CT molecular complexity index is 1060. The first-order chi connectivity index (χ1) is 15.8. The Morgan fingerprint density at radius 2 is 1.55 bits per heavy atom. The predicted octanol–water partition coefficient (Wildman–Crippen LogP) is 2.35. The minimum absolute atomic E-state index is 0.140. The molecule has 9 heteroatoms.